The number of amides is 2. The van der Waals surface area contributed by atoms with Crippen LogP contribution in [0.2, 0.25) is 0 Å². The molecule has 3 rings (SSSR count). The van der Waals surface area contributed by atoms with E-state index in [0.717, 1.165) is 38.5 Å². The van der Waals surface area contributed by atoms with Crippen LogP contribution in [0, 0.1) is 0 Å². The van der Waals surface area contributed by atoms with Crippen molar-refractivity contribution in [2.24, 2.45) is 0 Å². The Kier molecular flexibility index (Phi) is 4.47. The molecule has 2 fully saturated rings. The number of nitrogens with zero attached hydrogens (tertiary/aromatic N) is 1. The number of carbonyl (C=O) groups excluding carboxylic acids is 2. The van der Waals surface area contributed by atoms with Gasteiger partial charge in [0.2, 0.25) is 0 Å². The smallest absolute Gasteiger partial charge is 0.408 e. The van der Waals surface area contributed by atoms with E-state index in [4.69, 9.17) is 4.74 Å². The quantitative estimate of drug-likeness (QED) is 0.882. The van der Waals surface area contributed by atoms with Gasteiger partial charge in [0, 0.05) is 17.3 Å². The molecule has 1 heterocycles. The summed E-state index contributed by atoms with van der Waals surface area (Å²) in [6.45, 7) is 5.57. The van der Waals surface area contributed by atoms with Crippen molar-refractivity contribution >= 4 is 12.0 Å². The molecule has 136 valence electrons. The van der Waals surface area contributed by atoms with Crippen molar-refractivity contribution in [3.05, 3.63) is 30.1 Å². The summed E-state index contributed by atoms with van der Waals surface area (Å²) in [6, 6.07) is 5.32. The third kappa shape index (κ3) is 4.11. The summed E-state index contributed by atoms with van der Waals surface area (Å²) in [4.78, 5) is 28.9. The van der Waals surface area contributed by atoms with Gasteiger partial charge in [-0.1, -0.05) is 6.07 Å². The van der Waals surface area contributed by atoms with Crippen molar-refractivity contribution in [2.45, 2.75) is 76.0 Å². The first-order valence-electron chi connectivity index (χ1n) is 8.96. The topological polar surface area (TPSA) is 80.3 Å². The monoisotopic (exact) mass is 345 g/mol. The number of nitrogens with one attached hydrogen (secondary N) is 2. The van der Waals surface area contributed by atoms with Gasteiger partial charge in [-0.2, -0.15) is 0 Å². The zero-order valence-corrected chi connectivity index (χ0v) is 15.2. The lowest BCUT2D eigenvalue weighted by Crippen LogP contribution is -2.55. The van der Waals surface area contributed by atoms with Gasteiger partial charge in [-0.3, -0.25) is 9.78 Å². The minimum Gasteiger partial charge on any atom is -0.444 e. The summed E-state index contributed by atoms with van der Waals surface area (Å²) in [7, 11) is 0. The Bertz CT molecular complexity index is 656. The molecule has 2 aliphatic carbocycles. The minimum absolute atomic E-state index is 0.143. The third-order valence-corrected chi connectivity index (χ3v) is 5.11. The van der Waals surface area contributed by atoms with Crippen LogP contribution in [0.4, 0.5) is 4.79 Å². The molecule has 2 saturated carbocycles. The Morgan fingerprint density at radius 3 is 2.36 bits per heavy atom. The van der Waals surface area contributed by atoms with Gasteiger partial charge in [0.25, 0.3) is 5.91 Å². The summed E-state index contributed by atoms with van der Waals surface area (Å²) >= 11 is 0. The molecular formula is C19H27N3O3. The van der Waals surface area contributed by atoms with Crippen molar-refractivity contribution in [2.75, 3.05) is 0 Å². The standard InChI is InChI=1S/C19H27N3O3/c1-17(2,3)25-16(24)22-19-9-6-8-18(13-19,10-11-19)21-15(23)14-7-4-5-12-20-14/h4-5,7,12H,6,8-11,13H2,1-3H3,(H,21,23)(H,22,24)/t18-,19+/m1/s1. The first-order valence-corrected chi connectivity index (χ1v) is 8.96. The van der Waals surface area contributed by atoms with E-state index in [0.29, 0.717) is 5.69 Å². The maximum Gasteiger partial charge on any atom is 0.408 e. The highest BCUT2D eigenvalue weighted by atomic mass is 16.6. The van der Waals surface area contributed by atoms with Gasteiger partial charge >= 0.3 is 6.09 Å². The number of hydrogen-bond acceptors (Lipinski definition) is 4. The van der Waals surface area contributed by atoms with Crippen LogP contribution in [0.1, 0.15) is 69.8 Å². The van der Waals surface area contributed by atoms with Crippen molar-refractivity contribution in [3.63, 3.8) is 0 Å². The minimum atomic E-state index is -0.516. The molecule has 6 heteroatoms. The van der Waals surface area contributed by atoms with Crippen LogP contribution in [0.3, 0.4) is 0 Å². The van der Waals surface area contributed by atoms with Crippen LogP contribution < -0.4 is 10.6 Å². The number of hydrogen-bond donors (Lipinski definition) is 2. The predicted octanol–water partition coefficient (Wildman–Crippen LogP) is 3.18. The average molecular weight is 345 g/mol. The van der Waals surface area contributed by atoms with Gasteiger partial charge in [0.15, 0.2) is 0 Å². The fourth-order valence-corrected chi connectivity index (χ4v) is 4.16. The number of aromatic nitrogens is 1. The molecule has 2 aliphatic rings. The molecule has 2 atom stereocenters. The second-order valence-corrected chi connectivity index (χ2v) is 8.39. The predicted molar refractivity (Wildman–Crippen MR) is 94.2 cm³/mol. The summed E-state index contributed by atoms with van der Waals surface area (Å²) in [5.41, 5.74) is -0.627. The van der Waals surface area contributed by atoms with Gasteiger partial charge < -0.3 is 15.4 Å². The first-order chi connectivity index (χ1) is 11.7. The number of carbonyl (C=O) groups is 2. The van der Waals surface area contributed by atoms with E-state index < -0.39 is 5.60 Å². The first kappa shape index (κ1) is 17.7. The molecule has 2 amide bonds. The number of ether oxygens (including phenoxy) is 1. The fraction of sp³-hybridized carbons (Fsp3) is 0.632. The SMILES string of the molecule is CC(C)(C)OC(=O)N[C@@]12CCC[C@@](NC(=O)c3ccccn3)(CC1)C2. The summed E-state index contributed by atoms with van der Waals surface area (Å²) in [5, 5.41) is 6.28. The molecule has 2 N–H and O–H groups in total. The van der Waals surface area contributed by atoms with Crippen LogP contribution >= 0.6 is 0 Å². The zero-order chi connectivity index (χ0) is 18.1. The number of alkyl carbamates (subject to hydrolysis) is 1. The van der Waals surface area contributed by atoms with Gasteiger partial charge in [-0.05, 0) is 71.4 Å². The second kappa shape index (κ2) is 6.32. The maximum absolute atomic E-state index is 12.5. The van der Waals surface area contributed by atoms with E-state index in [9.17, 15) is 9.59 Å². The van der Waals surface area contributed by atoms with E-state index >= 15 is 0 Å². The van der Waals surface area contributed by atoms with Crippen molar-refractivity contribution in [3.8, 4) is 0 Å². The molecule has 1 aromatic rings. The van der Waals surface area contributed by atoms with E-state index in [1.165, 1.54) is 0 Å². The largest absolute Gasteiger partial charge is 0.444 e. The Morgan fingerprint density at radius 1 is 1.08 bits per heavy atom. The molecule has 0 unspecified atom stereocenters. The van der Waals surface area contributed by atoms with Gasteiger partial charge in [0.1, 0.15) is 11.3 Å². The maximum atomic E-state index is 12.5. The van der Waals surface area contributed by atoms with Crippen LogP contribution in [0.15, 0.2) is 24.4 Å². The molecule has 0 saturated heterocycles. The lowest BCUT2D eigenvalue weighted by Gasteiger charge is -2.40. The van der Waals surface area contributed by atoms with Crippen molar-refractivity contribution in [1.29, 1.82) is 0 Å². The fourth-order valence-electron chi connectivity index (χ4n) is 4.16. The highest BCUT2D eigenvalue weighted by Gasteiger charge is 2.52. The van der Waals surface area contributed by atoms with E-state index in [1.54, 1.807) is 18.3 Å². The molecule has 0 aromatic carbocycles. The lowest BCUT2D eigenvalue weighted by atomic mass is 9.78. The Morgan fingerprint density at radius 2 is 1.76 bits per heavy atom. The Balaban J connectivity index is 1.67. The van der Waals surface area contributed by atoms with E-state index in [2.05, 4.69) is 15.6 Å². The Labute approximate surface area is 148 Å². The van der Waals surface area contributed by atoms with Crippen molar-refractivity contribution in [1.82, 2.24) is 15.6 Å². The van der Waals surface area contributed by atoms with Crippen LogP contribution in [0.25, 0.3) is 0 Å². The third-order valence-electron chi connectivity index (χ3n) is 5.11. The van der Waals surface area contributed by atoms with Crippen LogP contribution in [0.5, 0.6) is 0 Å². The zero-order valence-electron chi connectivity index (χ0n) is 15.2. The van der Waals surface area contributed by atoms with Crippen LogP contribution in [-0.4, -0.2) is 33.7 Å². The highest BCUT2D eigenvalue weighted by Crippen LogP contribution is 2.48. The molecule has 1 aromatic heterocycles. The van der Waals surface area contributed by atoms with Gasteiger partial charge in [-0.25, -0.2) is 4.79 Å². The van der Waals surface area contributed by atoms with E-state index in [1.807, 2.05) is 26.8 Å². The summed E-state index contributed by atoms with van der Waals surface area (Å²) in [6.07, 6.45) is 6.54. The molecule has 0 aliphatic heterocycles. The Hall–Kier alpha value is -2.11. The number of pyridine rings is 1. The highest BCUT2D eigenvalue weighted by molar-refractivity contribution is 5.92. The number of fused-ring (bicyclic) bond motifs is 2. The molecule has 0 spiro atoms. The molecule has 25 heavy (non-hydrogen) atoms. The van der Waals surface area contributed by atoms with Crippen LogP contribution in [-0.2, 0) is 4.74 Å². The van der Waals surface area contributed by atoms with Crippen molar-refractivity contribution < 1.29 is 14.3 Å². The number of rotatable bonds is 3. The normalized spacial score (nSPS) is 28.3. The van der Waals surface area contributed by atoms with E-state index in [-0.39, 0.29) is 23.1 Å². The van der Waals surface area contributed by atoms with Gasteiger partial charge in [-0.15, -0.1) is 0 Å². The molecular weight excluding hydrogens is 318 g/mol. The van der Waals surface area contributed by atoms with Gasteiger partial charge in [0.05, 0.1) is 0 Å². The second-order valence-electron chi connectivity index (χ2n) is 8.39. The molecule has 2 bridgehead atoms. The summed E-state index contributed by atoms with van der Waals surface area (Å²) in [5.74, 6) is -0.143. The molecule has 0 radical (unpaired) electrons. The lowest BCUT2D eigenvalue weighted by molar-refractivity contribution is 0.0428. The average Bonchev–Trinajstić information content (AvgIpc) is 2.76. The molecule has 6 nitrogen and oxygen atoms in total. The summed E-state index contributed by atoms with van der Waals surface area (Å²) < 4.78 is 5.42.